The molecule has 174 valence electrons. The molecule has 0 amide bonds. The zero-order valence-electron chi connectivity index (χ0n) is 20.6. The number of aryl methyl sites for hydroxylation is 2. The maximum absolute atomic E-state index is 6.98. The zero-order valence-corrected chi connectivity index (χ0v) is 20.6. The summed E-state index contributed by atoms with van der Waals surface area (Å²) in [7, 11) is 2.07. The maximum atomic E-state index is 6.98. The van der Waals surface area contributed by atoms with Gasteiger partial charge in [-0.05, 0) is 48.7 Å². The van der Waals surface area contributed by atoms with Crippen molar-refractivity contribution in [1.29, 1.82) is 5.41 Å². The lowest BCUT2D eigenvalue weighted by molar-refractivity contribution is 0.664. The molecule has 0 radical (unpaired) electrons. The van der Waals surface area contributed by atoms with Crippen LogP contribution in [0.15, 0.2) is 102 Å². The largest absolute Gasteiger partial charge is 0.456 e. The van der Waals surface area contributed by atoms with Gasteiger partial charge in [0.2, 0.25) is 0 Å². The van der Waals surface area contributed by atoms with Gasteiger partial charge in [-0.3, -0.25) is 0 Å². The Labute approximate surface area is 202 Å². The van der Waals surface area contributed by atoms with E-state index >= 15 is 0 Å². The highest BCUT2D eigenvalue weighted by Crippen LogP contribution is 2.30. The second-order valence-corrected chi connectivity index (χ2v) is 8.22. The molecule has 0 spiro atoms. The minimum atomic E-state index is 0.784. The summed E-state index contributed by atoms with van der Waals surface area (Å²) in [6, 6.07) is 27.0. The molecule has 3 nitrogen and oxygen atoms in total. The van der Waals surface area contributed by atoms with E-state index in [0.717, 1.165) is 33.9 Å². The molecule has 2 heterocycles. The van der Waals surface area contributed by atoms with E-state index in [1.807, 2.05) is 24.3 Å². The van der Waals surface area contributed by atoms with Crippen LogP contribution in [0, 0.1) is 12.3 Å². The topological polar surface area (TPSA) is 41.9 Å². The van der Waals surface area contributed by atoms with Crippen LogP contribution in [0.2, 0.25) is 0 Å². The van der Waals surface area contributed by atoms with Crippen molar-refractivity contribution in [3.63, 3.8) is 0 Å². The van der Waals surface area contributed by atoms with Crippen LogP contribution in [0.1, 0.15) is 31.4 Å². The molecule has 2 aromatic heterocycles. The van der Waals surface area contributed by atoms with E-state index < -0.39 is 0 Å². The van der Waals surface area contributed by atoms with Crippen LogP contribution in [0.4, 0.5) is 0 Å². The number of benzene rings is 3. The summed E-state index contributed by atoms with van der Waals surface area (Å²) in [5.41, 5.74) is 6.95. The summed E-state index contributed by atoms with van der Waals surface area (Å²) in [6.07, 6.45) is 9.10. The molecule has 0 aliphatic rings. The molecular formula is C31H34N2O. The van der Waals surface area contributed by atoms with Crippen molar-refractivity contribution in [3.8, 4) is 11.3 Å². The third kappa shape index (κ3) is 5.93. The van der Waals surface area contributed by atoms with Gasteiger partial charge in [0.1, 0.15) is 11.2 Å². The van der Waals surface area contributed by atoms with Gasteiger partial charge < -0.3 is 14.4 Å². The van der Waals surface area contributed by atoms with Crippen LogP contribution in [0.25, 0.3) is 33.2 Å². The molecule has 5 aromatic rings. The molecule has 0 saturated heterocycles. The molecule has 3 aromatic carbocycles. The first-order valence-electron chi connectivity index (χ1n) is 11.8. The van der Waals surface area contributed by atoms with Crippen molar-refractivity contribution in [1.82, 2.24) is 4.57 Å². The minimum Gasteiger partial charge on any atom is -0.456 e. The fraction of sp³-hybridized carbons (Fsp3) is 0.194. The number of furan rings is 1. The van der Waals surface area contributed by atoms with Crippen molar-refractivity contribution in [2.24, 2.45) is 7.05 Å². The smallest absolute Gasteiger partial charge is 0.138 e. The fourth-order valence-electron chi connectivity index (χ4n) is 3.83. The molecule has 34 heavy (non-hydrogen) atoms. The van der Waals surface area contributed by atoms with E-state index in [1.165, 1.54) is 29.5 Å². The molecule has 0 aliphatic carbocycles. The van der Waals surface area contributed by atoms with Crippen LogP contribution < -0.4 is 0 Å². The Morgan fingerprint density at radius 3 is 2.26 bits per heavy atom. The fourth-order valence-corrected chi connectivity index (χ4v) is 3.83. The quantitative estimate of drug-likeness (QED) is 0.273. The number of para-hydroxylation sites is 2. The highest BCUT2D eigenvalue weighted by atomic mass is 16.3. The highest BCUT2D eigenvalue weighted by Gasteiger charge is 2.08. The van der Waals surface area contributed by atoms with E-state index in [4.69, 9.17) is 9.83 Å². The van der Waals surface area contributed by atoms with Crippen LogP contribution in [0.5, 0.6) is 0 Å². The lowest BCUT2D eigenvalue weighted by Gasteiger charge is -2.06. The molecule has 0 bridgehead atoms. The van der Waals surface area contributed by atoms with Gasteiger partial charge >= 0.3 is 0 Å². The standard InChI is InChI=1S/C16H13NO.C12H13N.C3H8/c17-11-4-3-6-12-7-5-9-14-13-8-1-2-10-15(13)18-16(12)14;1-10-6-3-4-7-11(10)12-8-5-9-13(12)2;1-3-2/h1-5,7-11,17H,6H2;3-9H,1-2H3;3H2,1-2H3/b4-3-,17-11?;;. The summed E-state index contributed by atoms with van der Waals surface area (Å²) < 4.78 is 8.06. The van der Waals surface area contributed by atoms with Gasteiger partial charge in [0.25, 0.3) is 0 Å². The Hall–Kier alpha value is -3.85. The summed E-state index contributed by atoms with van der Waals surface area (Å²) in [6.45, 7) is 6.39. The van der Waals surface area contributed by atoms with Gasteiger partial charge in [-0.15, -0.1) is 0 Å². The normalized spacial score (nSPS) is 10.6. The van der Waals surface area contributed by atoms with Crippen LogP contribution >= 0.6 is 0 Å². The van der Waals surface area contributed by atoms with Crippen molar-refractivity contribution >= 4 is 28.2 Å². The van der Waals surface area contributed by atoms with Crippen LogP contribution in [-0.2, 0) is 13.5 Å². The van der Waals surface area contributed by atoms with E-state index in [-0.39, 0.29) is 0 Å². The van der Waals surface area contributed by atoms with Crippen molar-refractivity contribution in [2.45, 2.75) is 33.6 Å². The van der Waals surface area contributed by atoms with Gasteiger partial charge in [0.05, 0.1) is 0 Å². The second-order valence-electron chi connectivity index (χ2n) is 8.22. The third-order valence-electron chi connectivity index (χ3n) is 5.42. The maximum Gasteiger partial charge on any atom is 0.138 e. The average molecular weight is 451 g/mol. The van der Waals surface area contributed by atoms with E-state index in [1.54, 1.807) is 6.08 Å². The Morgan fingerprint density at radius 1 is 0.853 bits per heavy atom. The summed E-state index contributed by atoms with van der Waals surface area (Å²) in [5.74, 6) is 0. The SMILES string of the molecule is CCC.Cc1ccccc1-c1cccn1C.N=C/C=C\Cc1cccc2c1oc1ccccc12. The molecular weight excluding hydrogens is 416 g/mol. The predicted molar refractivity (Wildman–Crippen MR) is 147 cm³/mol. The van der Waals surface area contributed by atoms with Crippen LogP contribution in [0.3, 0.4) is 0 Å². The summed E-state index contributed by atoms with van der Waals surface area (Å²) >= 11 is 0. The van der Waals surface area contributed by atoms with Crippen molar-refractivity contribution < 1.29 is 4.42 Å². The first-order valence-corrected chi connectivity index (χ1v) is 11.8. The highest BCUT2D eigenvalue weighted by molar-refractivity contribution is 6.05. The third-order valence-corrected chi connectivity index (χ3v) is 5.42. The summed E-state index contributed by atoms with van der Waals surface area (Å²) in [5, 5.41) is 9.30. The average Bonchev–Trinajstić information content (AvgIpc) is 3.44. The van der Waals surface area contributed by atoms with Gasteiger partial charge in [0.15, 0.2) is 0 Å². The predicted octanol–water partition coefficient (Wildman–Crippen LogP) is 8.75. The molecule has 0 aliphatic heterocycles. The molecule has 5 rings (SSSR count). The van der Waals surface area contributed by atoms with Gasteiger partial charge in [-0.2, -0.15) is 0 Å². The number of allylic oxidation sites excluding steroid dienone is 2. The zero-order chi connectivity index (χ0) is 24.3. The van der Waals surface area contributed by atoms with E-state index in [0.29, 0.717) is 0 Å². The van der Waals surface area contributed by atoms with Crippen molar-refractivity contribution in [2.75, 3.05) is 0 Å². The Bertz CT molecular complexity index is 1370. The monoisotopic (exact) mass is 450 g/mol. The molecule has 0 atom stereocenters. The number of nitrogens with zero attached hydrogens (tertiary/aromatic N) is 1. The van der Waals surface area contributed by atoms with Crippen LogP contribution in [-0.4, -0.2) is 10.8 Å². The lowest BCUT2D eigenvalue weighted by atomic mass is 10.1. The number of hydrogen-bond acceptors (Lipinski definition) is 2. The Balaban J connectivity index is 0.000000178. The van der Waals surface area contributed by atoms with Gasteiger partial charge in [0, 0.05) is 41.5 Å². The Kier molecular flexibility index (Phi) is 9.04. The number of aromatic nitrogens is 1. The van der Waals surface area contributed by atoms with Crippen molar-refractivity contribution in [3.05, 3.63) is 108 Å². The van der Waals surface area contributed by atoms with Gasteiger partial charge in [-0.1, -0.05) is 87.0 Å². The molecule has 3 heteroatoms. The lowest BCUT2D eigenvalue weighted by Crippen LogP contribution is -1.90. The number of hydrogen-bond donors (Lipinski definition) is 1. The first-order chi connectivity index (χ1) is 16.6. The number of rotatable bonds is 4. The number of nitrogens with one attached hydrogen (secondary N) is 1. The minimum absolute atomic E-state index is 0.784. The summed E-state index contributed by atoms with van der Waals surface area (Å²) in [4.78, 5) is 0. The molecule has 1 N–H and O–H groups in total. The van der Waals surface area contributed by atoms with E-state index in [2.05, 4.69) is 99.2 Å². The van der Waals surface area contributed by atoms with E-state index in [9.17, 15) is 0 Å². The molecule has 0 saturated carbocycles. The number of fused-ring (bicyclic) bond motifs is 3. The molecule has 0 fully saturated rings. The first kappa shape index (κ1) is 24.8. The molecule has 0 unspecified atom stereocenters. The van der Waals surface area contributed by atoms with Gasteiger partial charge in [-0.25, -0.2) is 0 Å². The Morgan fingerprint density at radius 2 is 1.56 bits per heavy atom. The second kappa shape index (κ2) is 12.4.